The maximum Gasteiger partial charge on any atom is 0.217 e. The van der Waals surface area contributed by atoms with Gasteiger partial charge in [-0.25, -0.2) is 9.97 Å². The molecule has 1 unspecified atom stereocenters. The van der Waals surface area contributed by atoms with E-state index in [-0.39, 0.29) is 6.04 Å². The van der Waals surface area contributed by atoms with Gasteiger partial charge >= 0.3 is 0 Å². The second-order valence-corrected chi connectivity index (χ2v) is 5.81. The summed E-state index contributed by atoms with van der Waals surface area (Å²) in [5, 5.41) is 4.02. The number of methoxy groups -OCH3 is 1. The van der Waals surface area contributed by atoms with E-state index in [1.807, 2.05) is 37.3 Å². The van der Waals surface area contributed by atoms with Crippen molar-refractivity contribution in [3.8, 4) is 11.3 Å². The highest BCUT2D eigenvalue weighted by molar-refractivity contribution is 7.09. The van der Waals surface area contributed by atoms with Crippen molar-refractivity contribution >= 4 is 16.7 Å². The summed E-state index contributed by atoms with van der Waals surface area (Å²) < 4.78 is 15.2. The summed E-state index contributed by atoms with van der Waals surface area (Å²) in [6, 6.07) is 9.83. The number of nitrogens with zero attached hydrogens (tertiary/aromatic N) is 3. The van der Waals surface area contributed by atoms with Gasteiger partial charge in [0, 0.05) is 30.6 Å². The molecule has 120 valence electrons. The Kier molecular flexibility index (Phi) is 4.99. The summed E-state index contributed by atoms with van der Waals surface area (Å²) in [5.41, 5.74) is 1.01. The number of nitrogens with one attached hydrogen (secondary N) is 1. The van der Waals surface area contributed by atoms with Crippen molar-refractivity contribution in [1.29, 1.82) is 0 Å². The van der Waals surface area contributed by atoms with E-state index in [0.717, 1.165) is 22.3 Å². The summed E-state index contributed by atoms with van der Waals surface area (Å²) in [6.45, 7) is 2.60. The number of aromatic nitrogens is 3. The SMILES string of the molecule is COCCc1nsc(NC(C)c2ncc(-c3ccccc3)o2)n1. The molecule has 3 aromatic rings. The van der Waals surface area contributed by atoms with Crippen molar-refractivity contribution < 1.29 is 9.15 Å². The predicted molar refractivity (Wildman–Crippen MR) is 89.5 cm³/mol. The molecule has 0 spiro atoms. The second-order valence-electron chi connectivity index (χ2n) is 5.05. The van der Waals surface area contributed by atoms with Crippen molar-refractivity contribution in [2.24, 2.45) is 0 Å². The number of oxazole rings is 1. The van der Waals surface area contributed by atoms with Gasteiger partial charge in [0.15, 0.2) is 5.76 Å². The minimum Gasteiger partial charge on any atom is -0.438 e. The van der Waals surface area contributed by atoms with Crippen molar-refractivity contribution in [3.63, 3.8) is 0 Å². The van der Waals surface area contributed by atoms with Crippen LogP contribution in [0, 0.1) is 0 Å². The summed E-state index contributed by atoms with van der Waals surface area (Å²) in [6.07, 6.45) is 2.45. The van der Waals surface area contributed by atoms with E-state index in [1.54, 1.807) is 13.3 Å². The van der Waals surface area contributed by atoms with Crippen molar-refractivity contribution in [2.75, 3.05) is 19.0 Å². The highest BCUT2D eigenvalue weighted by atomic mass is 32.1. The van der Waals surface area contributed by atoms with Gasteiger partial charge in [-0.05, 0) is 6.92 Å². The summed E-state index contributed by atoms with van der Waals surface area (Å²) in [7, 11) is 1.67. The third kappa shape index (κ3) is 3.94. The monoisotopic (exact) mass is 330 g/mol. The Hall–Kier alpha value is -2.25. The zero-order chi connectivity index (χ0) is 16.1. The molecule has 23 heavy (non-hydrogen) atoms. The maximum atomic E-state index is 5.84. The van der Waals surface area contributed by atoms with E-state index in [2.05, 4.69) is 19.7 Å². The zero-order valence-electron chi connectivity index (χ0n) is 13.0. The molecule has 1 atom stereocenters. The van der Waals surface area contributed by atoms with E-state index >= 15 is 0 Å². The Labute approximate surface area is 138 Å². The molecule has 7 heteroatoms. The Morgan fingerprint density at radius 1 is 1.30 bits per heavy atom. The molecule has 2 heterocycles. The first-order chi connectivity index (χ1) is 11.3. The molecule has 0 aliphatic rings. The molecule has 1 N–H and O–H groups in total. The van der Waals surface area contributed by atoms with Crippen molar-refractivity contribution in [1.82, 2.24) is 14.3 Å². The molecule has 0 fully saturated rings. The summed E-state index contributed by atoms with van der Waals surface area (Å²) in [4.78, 5) is 8.78. The highest BCUT2D eigenvalue weighted by Crippen LogP contribution is 2.25. The van der Waals surface area contributed by atoms with Crippen LogP contribution in [0.1, 0.15) is 24.7 Å². The van der Waals surface area contributed by atoms with Crippen LogP contribution in [0.25, 0.3) is 11.3 Å². The molecular formula is C16H18N4O2S. The largest absolute Gasteiger partial charge is 0.438 e. The first-order valence-electron chi connectivity index (χ1n) is 7.35. The van der Waals surface area contributed by atoms with Crippen LogP contribution in [0.4, 0.5) is 5.13 Å². The van der Waals surface area contributed by atoms with Crippen molar-refractivity contribution in [3.05, 3.63) is 48.2 Å². The number of rotatable bonds is 7. The lowest BCUT2D eigenvalue weighted by molar-refractivity contribution is 0.201. The van der Waals surface area contributed by atoms with Gasteiger partial charge < -0.3 is 14.5 Å². The second kappa shape index (κ2) is 7.34. The van der Waals surface area contributed by atoms with Crippen LogP contribution in [0.5, 0.6) is 0 Å². The smallest absolute Gasteiger partial charge is 0.217 e. The van der Waals surface area contributed by atoms with Crippen LogP contribution in [0.2, 0.25) is 0 Å². The van der Waals surface area contributed by atoms with Crippen LogP contribution in [-0.4, -0.2) is 28.1 Å². The van der Waals surface area contributed by atoms with Crippen LogP contribution in [0.3, 0.4) is 0 Å². The number of anilines is 1. The highest BCUT2D eigenvalue weighted by Gasteiger charge is 2.15. The first-order valence-corrected chi connectivity index (χ1v) is 8.13. The number of ether oxygens (including phenoxy) is 1. The Balaban J connectivity index is 1.65. The molecule has 3 rings (SSSR count). The third-order valence-electron chi connectivity index (χ3n) is 3.29. The molecule has 6 nitrogen and oxygen atoms in total. The zero-order valence-corrected chi connectivity index (χ0v) is 13.8. The molecule has 0 amide bonds. The Morgan fingerprint density at radius 2 is 2.13 bits per heavy atom. The number of hydrogen-bond donors (Lipinski definition) is 1. The minimum atomic E-state index is -0.0873. The lowest BCUT2D eigenvalue weighted by Crippen LogP contribution is -2.06. The van der Waals surface area contributed by atoms with Gasteiger partial charge in [-0.3, -0.25) is 0 Å². The first kappa shape index (κ1) is 15.6. The topological polar surface area (TPSA) is 73.1 Å². The minimum absolute atomic E-state index is 0.0873. The van der Waals surface area contributed by atoms with E-state index < -0.39 is 0 Å². The Bertz CT molecular complexity index is 741. The van der Waals surface area contributed by atoms with Gasteiger partial charge in [-0.2, -0.15) is 4.37 Å². The molecule has 1 aromatic carbocycles. The van der Waals surface area contributed by atoms with Gasteiger partial charge in [0.1, 0.15) is 11.9 Å². The van der Waals surface area contributed by atoms with Crippen LogP contribution in [0.15, 0.2) is 40.9 Å². The summed E-state index contributed by atoms with van der Waals surface area (Å²) in [5.74, 6) is 2.16. The van der Waals surface area contributed by atoms with Crippen LogP contribution >= 0.6 is 11.5 Å². The molecule has 0 bridgehead atoms. The van der Waals surface area contributed by atoms with E-state index in [1.165, 1.54) is 11.5 Å². The van der Waals surface area contributed by atoms with Gasteiger partial charge in [0.2, 0.25) is 11.0 Å². The fraction of sp³-hybridized carbons (Fsp3) is 0.312. The average Bonchev–Trinajstić information content (AvgIpc) is 3.23. The standard InChI is InChI=1S/C16H18N4O2S/c1-11(18-16-19-14(20-23-16)8-9-21-2)15-17-10-13(22-15)12-6-4-3-5-7-12/h3-7,10-11H,8-9H2,1-2H3,(H,18,19,20). The molecule has 0 saturated heterocycles. The Morgan fingerprint density at radius 3 is 2.91 bits per heavy atom. The predicted octanol–water partition coefficient (Wildman–Crippen LogP) is 3.56. The number of benzene rings is 1. The van der Waals surface area contributed by atoms with Gasteiger partial charge in [0.05, 0.1) is 12.8 Å². The van der Waals surface area contributed by atoms with Gasteiger partial charge in [0.25, 0.3) is 0 Å². The fourth-order valence-electron chi connectivity index (χ4n) is 2.08. The van der Waals surface area contributed by atoms with Crippen LogP contribution in [-0.2, 0) is 11.2 Å². The van der Waals surface area contributed by atoms with Gasteiger partial charge in [-0.15, -0.1) is 0 Å². The average molecular weight is 330 g/mol. The van der Waals surface area contributed by atoms with E-state index in [0.29, 0.717) is 18.9 Å². The normalized spacial score (nSPS) is 12.3. The van der Waals surface area contributed by atoms with Crippen LogP contribution < -0.4 is 5.32 Å². The lowest BCUT2D eigenvalue weighted by atomic mass is 10.2. The molecular weight excluding hydrogens is 312 g/mol. The molecule has 0 radical (unpaired) electrons. The fourth-order valence-corrected chi connectivity index (χ4v) is 2.78. The van der Waals surface area contributed by atoms with Crippen molar-refractivity contribution in [2.45, 2.75) is 19.4 Å². The van der Waals surface area contributed by atoms with Gasteiger partial charge in [-0.1, -0.05) is 30.3 Å². The maximum absolute atomic E-state index is 5.84. The number of hydrogen-bond acceptors (Lipinski definition) is 7. The molecule has 0 saturated carbocycles. The molecule has 0 aliphatic heterocycles. The molecule has 0 aliphatic carbocycles. The quantitative estimate of drug-likeness (QED) is 0.714. The molecule has 2 aromatic heterocycles. The van der Waals surface area contributed by atoms with E-state index in [4.69, 9.17) is 9.15 Å². The third-order valence-corrected chi connectivity index (χ3v) is 3.97. The van der Waals surface area contributed by atoms with E-state index in [9.17, 15) is 0 Å². The lowest BCUT2D eigenvalue weighted by Gasteiger charge is -2.07. The summed E-state index contributed by atoms with van der Waals surface area (Å²) >= 11 is 1.33.